The minimum absolute atomic E-state index is 0.446. The first-order valence-electron chi connectivity index (χ1n) is 7.50. The molecule has 1 aliphatic carbocycles. The highest BCUT2D eigenvalue weighted by Gasteiger charge is 2.20. The van der Waals surface area contributed by atoms with Gasteiger partial charge in [0.1, 0.15) is 5.75 Å². The molecule has 0 spiro atoms. The van der Waals surface area contributed by atoms with Gasteiger partial charge in [0.15, 0.2) is 0 Å². The topological polar surface area (TPSA) is 21.3 Å². The number of benzene rings is 1. The summed E-state index contributed by atoms with van der Waals surface area (Å²) in [5.74, 6) is 1.00. The summed E-state index contributed by atoms with van der Waals surface area (Å²) in [7, 11) is 0. The fourth-order valence-electron chi connectivity index (χ4n) is 2.82. The average molecular weight is 324 g/mol. The monoisotopic (exact) mass is 323 g/mol. The summed E-state index contributed by atoms with van der Waals surface area (Å²) >= 11 is 3.65. The van der Waals surface area contributed by atoms with Gasteiger partial charge in [0.05, 0.1) is 10.6 Å². The highest BCUT2D eigenvalue weighted by Crippen LogP contribution is 2.31. The van der Waals surface area contributed by atoms with E-state index in [0.717, 1.165) is 16.6 Å². The molecule has 1 heterocycles. The number of piperidine rings is 1. The Bertz CT molecular complexity index is 425. The van der Waals surface area contributed by atoms with Crippen LogP contribution in [0.15, 0.2) is 22.7 Å². The molecule has 1 aromatic carbocycles. The van der Waals surface area contributed by atoms with Crippen LogP contribution in [-0.4, -0.2) is 18.7 Å². The van der Waals surface area contributed by atoms with Crippen LogP contribution in [0.3, 0.4) is 0 Å². The molecule has 19 heavy (non-hydrogen) atoms. The summed E-state index contributed by atoms with van der Waals surface area (Å²) in [6.07, 6.45) is 9.30. The van der Waals surface area contributed by atoms with Crippen molar-refractivity contribution in [2.24, 2.45) is 0 Å². The van der Waals surface area contributed by atoms with Crippen molar-refractivity contribution in [3.05, 3.63) is 28.2 Å². The smallest absolute Gasteiger partial charge is 0.133 e. The molecular formula is C16H22BrNO. The maximum absolute atomic E-state index is 5.96. The van der Waals surface area contributed by atoms with Gasteiger partial charge in [-0.1, -0.05) is 12.5 Å². The minimum Gasteiger partial charge on any atom is -0.489 e. The number of rotatable bonds is 4. The molecule has 3 rings (SSSR count). The molecule has 1 saturated heterocycles. The summed E-state index contributed by atoms with van der Waals surface area (Å²) in [5, 5.41) is 3.61. The van der Waals surface area contributed by atoms with Gasteiger partial charge in [0.25, 0.3) is 0 Å². The van der Waals surface area contributed by atoms with E-state index in [-0.39, 0.29) is 0 Å². The summed E-state index contributed by atoms with van der Waals surface area (Å²) < 4.78 is 7.07. The zero-order valence-corrected chi connectivity index (χ0v) is 12.9. The van der Waals surface area contributed by atoms with Crippen molar-refractivity contribution in [2.45, 2.75) is 57.1 Å². The lowest BCUT2D eigenvalue weighted by atomic mass is 9.96. The Morgan fingerprint density at radius 3 is 2.68 bits per heavy atom. The molecule has 2 aliphatic rings. The Morgan fingerprint density at radius 1 is 1.16 bits per heavy atom. The molecule has 0 bridgehead atoms. The van der Waals surface area contributed by atoms with E-state index in [0.29, 0.717) is 12.1 Å². The van der Waals surface area contributed by atoms with E-state index >= 15 is 0 Å². The maximum atomic E-state index is 5.96. The van der Waals surface area contributed by atoms with Gasteiger partial charge < -0.3 is 10.1 Å². The van der Waals surface area contributed by atoms with Crippen LogP contribution in [0.1, 0.15) is 44.1 Å². The lowest BCUT2D eigenvalue weighted by molar-refractivity contribution is 0.119. The van der Waals surface area contributed by atoms with E-state index in [1.165, 1.54) is 50.6 Å². The Labute approximate surface area is 124 Å². The van der Waals surface area contributed by atoms with E-state index < -0.39 is 0 Å². The molecule has 2 fully saturated rings. The molecule has 1 N–H and O–H groups in total. The zero-order chi connectivity index (χ0) is 13.1. The van der Waals surface area contributed by atoms with Crippen LogP contribution in [0.5, 0.6) is 5.75 Å². The van der Waals surface area contributed by atoms with Gasteiger partial charge in [-0.3, -0.25) is 0 Å². The largest absolute Gasteiger partial charge is 0.489 e. The molecule has 3 heteroatoms. The van der Waals surface area contributed by atoms with E-state index in [9.17, 15) is 0 Å². The van der Waals surface area contributed by atoms with Crippen molar-refractivity contribution < 1.29 is 4.74 Å². The molecule has 1 aliphatic heterocycles. The standard InChI is InChI=1S/C16H22BrNO/c17-15-11-12(10-13-4-1-2-9-18-13)7-8-16(15)19-14-5-3-6-14/h7-8,11,13-14,18H,1-6,9-10H2. The molecule has 1 atom stereocenters. The van der Waals surface area contributed by atoms with E-state index in [1.54, 1.807) is 0 Å². The van der Waals surface area contributed by atoms with Crippen LogP contribution in [0.4, 0.5) is 0 Å². The predicted octanol–water partition coefficient (Wildman–Crippen LogP) is 4.07. The Hall–Kier alpha value is -0.540. The lowest BCUT2D eigenvalue weighted by Crippen LogP contribution is -2.35. The number of ether oxygens (including phenoxy) is 1. The maximum Gasteiger partial charge on any atom is 0.133 e. The number of halogens is 1. The van der Waals surface area contributed by atoms with E-state index in [4.69, 9.17) is 4.74 Å². The van der Waals surface area contributed by atoms with Crippen molar-refractivity contribution in [1.82, 2.24) is 5.32 Å². The van der Waals surface area contributed by atoms with Crippen molar-refractivity contribution >= 4 is 15.9 Å². The van der Waals surface area contributed by atoms with Crippen LogP contribution in [0, 0.1) is 0 Å². The van der Waals surface area contributed by atoms with Crippen LogP contribution >= 0.6 is 15.9 Å². The molecule has 2 nitrogen and oxygen atoms in total. The molecule has 1 saturated carbocycles. The third-order valence-corrected chi connectivity index (χ3v) is 4.86. The second-order valence-electron chi connectivity index (χ2n) is 5.79. The number of nitrogens with one attached hydrogen (secondary N) is 1. The first-order chi connectivity index (χ1) is 9.31. The first-order valence-corrected chi connectivity index (χ1v) is 8.29. The quantitative estimate of drug-likeness (QED) is 0.902. The minimum atomic E-state index is 0.446. The van der Waals surface area contributed by atoms with Gasteiger partial charge in [0, 0.05) is 6.04 Å². The first kappa shape index (κ1) is 13.4. The van der Waals surface area contributed by atoms with E-state index in [1.807, 2.05) is 0 Å². The lowest BCUT2D eigenvalue weighted by Gasteiger charge is -2.27. The second kappa shape index (κ2) is 6.27. The predicted molar refractivity (Wildman–Crippen MR) is 81.8 cm³/mol. The van der Waals surface area contributed by atoms with Gasteiger partial charge in [-0.2, -0.15) is 0 Å². The van der Waals surface area contributed by atoms with E-state index in [2.05, 4.69) is 39.4 Å². The molecule has 1 aromatic rings. The van der Waals surface area contributed by atoms with Crippen LogP contribution < -0.4 is 10.1 Å². The van der Waals surface area contributed by atoms with Crippen molar-refractivity contribution in [3.8, 4) is 5.75 Å². The second-order valence-corrected chi connectivity index (χ2v) is 6.64. The highest BCUT2D eigenvalue weighted by molar-refractivity contribution is 9.10. The highest BCUT2D eigenvalue weighted by atomic mass is 79.9. The molecule has 1 unspecified atom stereocenters. The van der Waals surface area contributed by atoms with Gasteiger partial charge in [0.2, 0.25) is 0 Å². The summed E-state index contributed by atoms with van der Waals surface area (Å²) in [4.78, 5) is 0. The fourth-order valence-corrected chi connectivity index (χ4v) is 3.34. The SMILES string of the molecule is Brc1cc(CC2CCCCN2)ccc1OC1CCC1. The zero-order valence-electron chi connectivity index (χ0n) is 11.3. The van der Waals surface area contributed by atoms with Gasteiger partial charge in [-0.15, -0.1) is 0 Å². The molecule has 0 radical (unpaired) electrons. The van der Waals surface area contributed by atoms with Gasteiger partial charge in [-0.25, -0.2) is 0 Å². The Morgan fingerprint density at radius 2 is 2.05 bits per heavy atom. The van der Waals surface area contributed by atoms with Gasteiger partial charge in [-0.05, 0) is 78.7 Å². The van der Waals surface area contributed by atoms with Crippen LogP contribution in [-0.2, 0) is 6.42 Å². The Kier molecular flexibility index (Phi) is 4.44. The normalized spacial score (nSPS) is 23.9. The summed E-state index contributed by atoms with van der Waals surface area (Å²) in [6, 6.07) is 7.22. The average Bonchev–Trinajstić information content (AvgIpc) is 2.37. The molecule has 0 aromatic heterocycles. The molecule has 104 valence electrons. The van der Waals surface area contributed by atoms with Crippen molar-refractivity contribution in [1.29, 1.82) is 0 Å². The third-order valence-electron chi connectivity index (χ3n) is 4.24. The van der Waals surface area contributed by atoms with Crippen LogP contribution in [0.25, 0.3) is 0 Å². The number of hydrogen-bond donors (Lipinski definition) is 1. The summed E-state index contributed by atoms with van der Waals surface area (Å²) in [5.41, 5.74) is 1.40. The third kappa shape index (κ3) is 3.51. The van der Waals surface area contributed by atoms with Crippen molar-refractivity contribution in [2.75, 3.05) is 6.54 Å². The van der Waals surface area contributed by atoms with Gasteiger partial charge >= 0.3 is 0 Å². The van der Waals surface area contributed by atoms with Crippen molar-refractivity contribution in [3.63, 3.8) is 0 Å². The van der Waals surface area contributed by atoms with Crippen LogP contribution in [0.2, 0.25) is 0 Å². The summed E-state index contributed by atoms with van der Waals surface area (Å²) in [6.45, 7) is 1.18. The fraction of sp³-hybridized carbons (Fsp3) is 0.625. The molecular weight excluding hydrogens is 302 g/mol. The number of hydrogen-bond acceptors (Lipinski definition) is 2. The Balaban J connectivity index is 1.61. The molecule has 0 amide bonds.